The molecule has 0 fully saturated rings. The highest BCUT2D eigenvalue weighted by Gasteiger charge is 2.35. The van der Waals surface area contributed by atoms with Crippen LogP contribution in [-0.4, -0.2) is 25.7 Å². The number of amides is 1. The molecule has 0 aliphatic rings. The first-order chi connectivity index (χ1) is 21.3. The first-order valence-corrected chi connectivity index (χ1v) is 14.4. The van der Waals surface area contributed by atoms with Gasteiger partial charge in [-0.05, 0) is 73.0 Å². The molecule has 5 rings (SSSR count). The van der Waals surface area contributed by atoms with Crippen molar-refractivity contribution < 1.29 is 26.7 Å². The van der Waals surface area contributed by atoms with E-state index in [1.165, 1.54) is 20.0 Å². The number of fused-ring (bicyclic) bond motifs is 1. The Hall–Kier alpha value is -4.67. The van der Waals surface area contributed by atoms with E-state index in [2.05, 4.69) is 20.4 Å². The summed E-state index contributed by atoms with van der Waals surface area (Å²) >= 11 is 0. The molecule has 6 nitrogen and oxygen atoms in total. The van der Waals surface area contributed by atoms with E-state index in [1.54, 1.807) is 32.3 Å². The standard InChI is InChI=1S/C34H32F5N5O/c1-19(2)29-31(33(37)38)43-44(32(29)34(3,4)39)18-28(45)42-27(14-20-12-24(35)16-25(36)13-20)30-26(6-5-10-41-30)22-7-8-23-17-40-11-9-21(23)15-22/h5-13,15-17,19,27,33H,14,18H2,1-4H3,(H,42,45)/t27-/m0/s1. The van der Waals surface area contributed by atoms with Gasteiger partial charge in [-0.25, -0.2) is 22.0 Å². The molecule has 0 bridgehead atoms. The number of pyridine rings is 2. The van der Waals surface area contributed by atoms with Gasteiger partial charge in [0.1, 0.15) is 29.5 Å². The summed E-state index contributed by atoms with van der Waals surface area (Å²) in [5, 5.41) is 8.66. The fraction of sp³-hybridized carbons (Fsp3) is 0.294. The zero-order valence-corrected chi connectivity index (χ0v) is 25.2. The second-order valence-electron chi connectivity index (χ2n) is 11.7. The Labute approximate surface area is 257 Å². The average molecular weight is 622 g/mol. The third-order valence-electron chi connectivity index (χ3n) is 7.48. The third-order valence-corrected chi connectivity index (χ3v) is 7.48. The number of nitrogens with one attached hydrogen (secondary N) is 1. The number of carbonyl (C=O) groups is 1. The summed E-state index contributed by atoms with van der Waals surface area (Å²) in [6, 6.07) is 13.3. The van der Waals surface area contributed by atoms with Crippen molar-refractivity contribution in [2.45, 2.75) is 64.7 Å². The Morgan fingerprint density at radius 2 is 1.69 bits per heavy atom. The molecule has 5 aromatic rings. The van der Waals surface area contributed by atoms with Gasteiger partial charge in [0.25, 0.3) is 6.43 Å². The first-order valence-electron chi connectivity index (χ1n) is 14.4. The second kappa shape index (κ2) is 12.7. The summed E-state index contributed by atoms with van der Waals surface area (Å²) in [7, 11) is 0. The fourth-order valence-electron chi connectivity index (χ4n) is 5.71. The van der Waals surface area contributed by atoms with Crippen LogP contribution in [0, 0.1) is 11.6 Å². The number of carbonyl (C=O) groups excluding carboxylic acids is 1. The van der Waals surface area contributed by atoms with Crippen molar-refractivity contribution in [2.75, 3.05) is 0 Å². The van der Waals surface area contributed by atoms with Crippen molar-refractivity contribution in [1.29, 1.82) is 0 Å². The van der Waals surface area contributed by atoms with Gasteiger partial charge in [0.05, 0.1) is 17.4 Å². The van der Waals surface area contributed by atoms with Crippen molar-refractivity contribution in [3.8, 4) is 11.1 Å². The number of hydrogen-bond donors (Lipinski definition) is 1. The monoisotopic (exact) mass is 621 g/mol. The topological polar surface area (TPSA) is 72.7 Å². The van der Waals surface area contributed by atoms with E-state index in [0.29, 0.717) is 11.3 Å². The van der Waals surface area contributed by atoms with Gasteiger partial charge in [-0.2, -0.15) is 5.10 Å². The molecule has 0 aliphatic heterocycles. The number of hydrogen-bond acceptors (Lipinski definition) is 4. The molecule has 0 unspecified atom stereocenters. The fourth-order valence-corrected chi connectivity index (χ4v) is 5.71. The van der Waals surface area contributed by atoms with Crippen LogP contribution in [0.3, 0.4) is 0 Å². The molecule has 1 atom stereocenters. The second-order valence-corrected chi connectivity index (χ2v) is 11.7. The van der Waals surface area contributed by atoms with Crippen LogP contribution < -0.4 is 5.32 Å². The van der Waals surface area contributed by atoms with Crippen LogP contribution in [0.1, 0.15) is 74.3 Å². The minimum atomic E-state index is -2.97. The lowest BCUT2D eigenvalue weighted by Gasteiger charge is -2.23. The number of rotatable bonds is 10. The maximum Gasteiger partial charge on any atom is 0.282 e. The van der Waals surface area contributed by atoms with Crippen LogP contribution in [0.5, 0.6) is 0 Å². The minimum Gasteiger partial charge on any atom is -0.346 e. The number of alkyl halides is 3. The summed E-state index contributed by atoms with van der Waals surface area (Å²) in [6.45, 7) is 5.18. The Balaban J connectivity index is 1.56. The van der Waals surface area contributed by atoms with Gasteiger partial charge in [0.2, 0.25) is 5.91 Å². The predicted molar refractivity (Wildman–Crippen MR) is 161 cm³/mol. The number of benzene rings is 2. The van der Waals surface area contributed by atoms with Crippen LogP contribution in [0.4, 0.5) is 22.0 Å². The summed E-state index contributed by atoms with van der Waals surface area (Å²) in [5.41, 5.74) is -0.630. The van der Waals surface area contributed by atoms with Crippen LogP contribution in [0.25, 0.3) is 21.9 Å². The zero-order chi connectivity index (χ0) is 32.5. The highest BCUT2D eigenvalue weighted by molar-refractivity contribution is 5.87. The third kappa shape index (κ3) is 7.02. The molecule has 234 valence electrons. The SMILES string of the molecule is CC(C)c1c(C(F)F)nn(CC(=O)N[C@@H](Cc2cc(F)cc(F)c2)c2ncccc2-c2ccc3cnccc3c2)c1C(C)(C)F. The molecule has 0 saturated heterocycles. The van der Waals surface area contributed by atoms with Gasteiger partial charge in [0.15, 0.2) is 0 Å². The highest BCUT2D eigenvalue weighted by Crippen LogP contribution is 2.38. The van der Waals surface area contributed by atoms with Gasteiger partial charge in [-0.1, -0.05) is 32.0 Å². The molecule has 3 heterocycles. The lowest BCUT2D eigenvalue weighted by atomic mass is 9.93. The molecular weight excluding hydrogens is 589 g/mol. The molecule has 1 N–H and O–H groups in total. The Morgan fingerprint density at radius 3 is 2.36 bits per heavy atom. The molecule has 2 aromatic carbocycles. The van der Waals surface area contributed by atoms with Crippen molar-refractivity contribution in [2.24, 2.45) is 0 Å². The van der Waals surface area contributed by atoms with Gasteiger partial charge < -0.3 is 5.32 Å². The quantitative estimate of drug-likeness (QED) is 0.160. The van der Waals surface area contributed by atoms with Crippen molar-refractivity contribution in [3.05, 3.63) is 113 Å². The predicted octanol–water partition coefficient (Wildman–Crippen LogP) is 8.14. The van der Waals surface area contributed by atoms with Gasteiger partial charge in [-0.3, -0.25) is 19.4 Å². The van der Waals surface area contributed by atoms with Gasteiger partial charge >= 0.3 is 0 Å². The Kier molecular flexibility index (Phi) is 8.99. The molecule has 1 amide bonds. The van der Waals surface area contributed by atoms with Crippen molar-refractivity contribution in [3.63, 3.8) is 0 Å². The summed E-state index contributed by atoms with van der Waals surface area (Å²) in [4.78, 5) is 22.3. The van der Waals surface area contributed by atoms with E-state index in [1.807, 2.05) is 30.3 Å². The summed E-state index contributed by atoms with van der Waals surface area (Å²) < 4.78 is 72.8. The van der Waals surface area contributed by atoms with E-state index in [4.69, 9.17) is 0 Å². The van der Waals surface area contributed by atoms with Gasteiger partial charge in [0, 0.05) is 41.2 Å². The maximum atomic E-state index is 15.4. The molecule has 0 aliphatic carbocycles. The molecule has 3 aromatic heterocycles. The van der Waals surface area contributed by atoms with E-state index in [0.717, 1.165) is 39.2 Å². The van der Waals surface area contributed by atoms with E-state index >= 15 is 4.39 Å². The van der Waals surface area contributed by atoms with Crippen LogP contribution in [-0.2, 0) is 23.4 Å². The summed E-state index contributed by atoms with van der Waals surface area (Å²) in [6.07, 6.45) is 1.91. The van der Waals surface area contributed by atoms with Gasteiger partial charge in [-0.15, -0.1) is 0 Å². The minimum absolute atomic E-state index is 0.0515. The average Bonchev–Trinajstić information content (AvgIpc) is 3.36. The van der Waals surface area contributed by atoms with E-state index < -0.39 is 53.8 Å². The van der Waals surface area contributed by atoms with Crippen LogP contribution >= 0.6 is 0 Å². The lowest BCUT2D eigenvalue weighted by Crippen LogP contribution is -2.35. The van der Waals surface area contributed by atoms with E-state index in [9.17, 15) is 22.4 Å². The molecule has 45 heavy (non-hydrogen) atoms. The highest BCUT2D eigenvalue weighted by atomic mass is 19.3. The number of nitrogens with zero attached hydrogens (tertiary/aromatic N) is 4. The largest absolute Gasteiger partial charge is 0.346 e. The molecule has 11 heteroatoms. The smallest absolute Gasteiger partial charge is 0.282 e. The Morgan fingerprint density at radius 1 is 0.956 bits per heavy atom. The molecule has 0 radical (unpaired) electrons. The van der Waals surface area contributed by atoms with E-state index in [-0.39, 0.29) is 23.2 Å². The lowest BCUT2D eigenvalue weighted by molar-refractivity contribution is -0.122. The number of aromatic nitrogens is 4. The van der Waals surface area contributed by atoms with Crippen molar-refractivity contribution in [1.82, 2.24) is 25.1 Å². The number of halogens is 5. The van der Waals surface area contributed by atoms with Crippen LogP contribution in [0.2, 0.25) is 0 Å². The Bertz CT molecular complexity index is 1830. The molecule has 0 spiro atoms. The normalized spacial score (nSPS) is 12.7. The van der Waals surface area contributed by atoms with Crippen LogP contribution in [0.15, 0.2) is 73.2 Å². The maximum absolute atomic E-state index is 15.4. The molecule has 0 saturated carbocycles. The first kappa shape index (κ1) is 31.7. The molecular formula is C34H32F5N5O. The zero-order valence-electron chi connectivity index (χ0n) is 25.2. The van der Waals surface area contributed by atoms with Crippen molar-refractivity contribution >= 4 is 16.7 Å². The summed E-state index contributed by atoms with van der Waals surface area (Å²) in [5.74, 6) is -2.74.